The van der Waals surface area contributed by atoms with E-state index >= 15 is 0 Å². The molecule has 2 unspecified atom stereocenters. The maximum atomic E-state index is 12.3. The van der Waals surface area contributed by atoms with Crippen LogP contribution in [0.4, 0.5) is 0 Å². The molecule has 0 aromatic rings. The summed E-state index contributed by atoms with van der Waals surface area (Å²) < 4.78 is 0. The van der Waals surface area contributed by atoms with E-state index in [-0.39, 0.29) is 12.5 Å². The topological polar surface area (TPSA) is 69.6 Å². The molecule has 0 radical (unpaired) electrons. The Bertz CT molecular complexity index is 737. The van der Waals surface area contributed by atoms with E-state index in [2.05, 4.69) is 67.8 Å². The van der Waals surface area contributed by atoms with Gasteiger partial charge in [0.15, 0.2) is 0 Å². The summed E-state index contributed by atoms with van der Waals surface area (Å²) in [5.41, 5.74) is 0. The van der Waals surface area contributed by atoms with Crippen molar-refractivity contribution < 1.29 is 15.0 Å². The molecule has 0 fully saturated rings. The average molecular weight is 600 g/mol. The van der Waals surface area contributed by atoms with Crippen LogP contribution in [0.2, 0.25) is 0 Å². The number of aliphatic hydroxyl groups is 2. The molecular weight excluding hydrogens is 530 g/mol. The minimum absolute atomic E-state index is 0.0914. The van der Waals surface area contributed by atoms with Crippen molar-refractivity contribution in [2.45, 2.75) is 174 Å². The van der Waals surface area contributed by atoms with Crippen LogP contribution in [0.15, 0.2) is 60.8 Å². The van der Waals surface area contributed by atoms with Crippen LogP contribution in [-0.2, 0) is 4.79 Å². The molecular formula is C39H69NO3. The number of carbonyl (C=O) groups is 1. The Hall–Kier alpha value is -1.91. The predicted octanol–water partition coefficient (Wildman–Crippen LogP) is 10.6. The molecule has 4 heteroatoms. The first-order valence-electron chi connectivity index (χ1n) is 18.0. The Morgan fingerprint density at radius 1 is 0.558 bits per heavy atom. The zero-order valence-corrected chi connectivity index (χ0v) is 28.2. The summed E-state index contributed by atoms with van der Waals surface area (Å²) >= 11 is 0. The maximum Gasteiger partial charge on any atom is 0.220 e. The Morgan fingerprint density at radius 2 is 0.977 bits per heavy atom. The number of aliphatic hydroxyl groups excluding tert-OH is 2. The molecule has 0 aliphatic rings. The molecule has 0 saturated carbocycles. The van der Waals surface area contributed by atoms with Gasteiger partial charge in [0.1, 0.15) is 0 Å². The van der Waals surface area contributed by atoms with Crippen LogP contribution >= 0.6 is 0 Å². The monoisotopic (exact) mass is 600 g/mol. The number of unbranched alkanes of at least 4 members (excludes halogenated alkanes) is 16. The average Bonchev–Trinajstić information content (AvgIpc) is 3.01. The number of allylic oxidation sites excluding steroid dienone is 9. The first kappa shape index (κ1) is 41.1. The molecule has 0 spiro atoms. The van der Waals surface area contributed by atoms with E-state index in [0.717, 1.165) is 57.8 Å². The summed E-state index contributed by atoms with van der Waals surface area (Å²) in [5.74, 6) is -0.0914. The Kier molecular flexibility index (Phi) is 33.0. The van der Waals surface area contributed by atoms with Gasteiger partial charge in [-0.1, -0.05) is 145 Å². The van der Waals surface area contributed by atoms with Crippen LogP contribution < -0.4 is 5.32 Å². The van der Waals surface area contributed by atoms with Gasteiger partial charge in [-0.2, -0.15) is 0 Å². The van der Waals surface area contributed by atoms with Crippen molar-refractivity contribution in [1.82, 2.24) is 5.32 Å². The van der Waals surface area contributed by atoms with E-state index in [1.54, 1.807) is 6.08 Å². The third-order valence-electron chi connectivity index (χ3n) is 7.72. The zero-order chi connectivity index (χ0) is 31.5. The fraction of sp³-hybridized carbons (Fsp3) is 0.718. The van der Waals surface area contributed by atoms with Crippen molar-refractivity contribution >= 4 is 5.91 Å². The number of nitrogens with one attached hydrogen (secondary N) is 1. The fourth-order valence-electron chi connectivity index (χ4n) is 4.90. The molecule has 0 aromatic heterocycles. The van der Waals surface area contributed by atoms with Crippen molar-refractivity contribution in [3.05, 3.63) is 60.8 Å². The Balaban J connectivity index is 3.72. The molecule has 2 atom stereocenters. The lowest BCUT2D eigenvalue weighted by Gasteiger charge is -2.19. The van der Waals surface area contributed by atoms with Crippen molar-refractivity contribution in [2.24, 2.45) is 0 Å². The van der Waals surface area contributed by atoms with Gasteiger partial charge >= 0.3 is 0 Å². The molecule has 0 heterocycles. The lowest BCUT2D eigenvalue weighted by Crippen LogP contribution is -2.45. The van der Waals surface area contributed by atoms with E-state index < -0.39 is 12.1 Å². The summed E-state index contributed by atoms with van der Waals surface area (Å²) in [5, 5.41) is 22.8. The van der Waals surface area contributed by atoms with E-state index in [1.165, 1.54) is 83.5 Å². The van der Waals surface area contributed by atoms with E-state index in [4.69, 9.17) is 0 Å². The minimum Gasteiger partial charge on any atom is -0.394 e. The van der Waals surface area contributed by atoms with Gasteiger partial charge in [0, 0.05) is 6.42 Å². The van der Waals surface area contributed by atoms with E-state index in [1.807, 2.05) is 6.08 Å². The first-order valence-corrected chi connectivity index (χ1v) is 18.0. The third kappa shape index (κ3) is 31.3. The fourth-order valence-corrected chi connectivity index (χ4v) is 4.90. The molecule has 0 aliphatic carbocycles. The van der Waals surface area contributed by atoms with Crippen LogP contribution in [0.5, 0.6) is 0 Å². The summed E-state index contributed by atoms with van der Waals surface area (Å²) in [6, 6.07) is -0.646. The molecule has 43 heavy (non-hydrogen) atoms. The second-order valence-corrected chi connectivity index (χ2v) is 11.9. The predicted molar refractivity (Wildman–Crippen MR) is 188 cm³/mol. The second kappa shape index (κ2) is 34.6. The lowest BCUT2D eigenvalue weighted by atomic mass is 10.1. The second-order valence-electron chi connectivity index (χ2n) is 11.9. The largest absolute Gasteiger partial charge is 0.394 e. The molecule has 4 nitrogen and oxygen atoms in total. The highest BCUT2D eigenvalue weighted by Gasteiger charge is 2.17. The van der Waals surface area contributed by atoms with Gasteiger partial charge in [-0.25, -0.2) is 0 Å². The van der Waals surface area contributed by atoms with E-state index in [0.29, 0.717) is 6.42 Å². The zero-order valence-electron chi connectivity index (χ0n) is 28.2. The summed E-state index contributed by atoms with van der Waals surface area (Å²) in [4.78, 5) is 12.3. The minimum atomic E-state index is -0.867. The SMILES string of the molecule is CCCCC/C=C\C/C=C\C/C=C\CCCCCCCCC(=O)NC(CO)C(O)/C=C/CC/C=C/CCCCCCCC. The van der Waals surface area contributed by atoms with Crippen molar-refractivity contribution in [3.63, 3.8) is 0 Å². The summed E-state index contributed by atoms with van der Waals surface area (Å²) in [6.07, 6.45) is 47.3. The van der Waals surface area contributed by atoms with Gasteiger partial charge in [-0.15, -0.1) is 0 Å². The Labute approximate surface area is 266 Å². The van der Waals surface area contributed by atoms with Crippen LogP contribution in [0, 0.1) is 0 Å². The van der Waals surface area contributed by atoms with Crippen molar-refractivity contribution in [2.75, 3.05) is 6.61 Å². The molecule has 3 N–H and O–H groups in total. The highest BCUT2D eigenvalue weighted by Crippen LogP contribution is 2.10. The van der Waals surface area contributed by atoms with Gasteiger partial charge in [0.05, 0.1) is 18.8 Å². The van der Waals surface area contributed by atoms with Gasteiger partial charge in [0.25, 0.3) is 0 Å². The van der Waals surface area contributed by atoms with E-state index in [9.17, 15) is 15.0 Å². The lowest BCUT2D eigenvalue weighted by molar-refractivity contribution is -0.123. The standard InChI is InChI=1S/C39H69NO3/c1-3-5-7-9-11-13-15-17-18-19-20-21-22-23-25-27-29-31-33-35-39(43)40-37(36-41)38(42)34-32-30-28-26-24-16-14-12-10-8-6-4-2/h11,13,17-18,20-21,24,26,32,34,37-38,41-42H,3-10,12,14-16,19,22-23,25,27-31,33,35-36H2,1-2H3,(H,40,43)/b13-11-,18-17-,21-20-,26-24+,34-32+. The number of hydrogen-bond donors (Lipinski definition) is 3. The van der Waals surface area contributed by atoms with Crippen molar-refractivity contribution in [1.29, 1.82) is 0 Å². The van der Waals surface area contributed by atoms with Gasteiger partial charge in [0.2, 0.25) is 5.91 Å². The van der Waals surface area contributed by atoms with Crippen LogP contribution in [-0.4, -0.2) is 34.9 Å². The normalized spacial score (nSPS) is 13.9. The quantitative estimate of drug-likeness (QED) is 0.0548. The molecule has 0 rings (SSSR count). The maximum absolute atomic E-state index is 12.3. The van der Waals surface area contributed by atoms with Gasteiger partial charge in [-0.3, -0.25) is 4.79 Å². The highest BCUT2D eigenvalue weighted by atomic mass is 16.3. The molecule has 0 saturated heterocycles. The number of amides is 1. The number of carbonyl (C=O) groups excluding carboxylic acids is 1. The van der Waals surface area contributed by atoms with Gasteiger partial charge in [-0.05, 0) is 70.6 Å². The highest BCUT2D eigenvalue weighted by molar-refractivity contribution is 5.76. The molecule has 0 aliphatic heterocycles. The van der Waals surface area contributed by atoms with Crippen LogP contribution in [0.1, 0.15) is 162 Å². The molecule has 1 amide bonds. The number of hydrogen-bond acceptors (Lipinski definition) is 3. The number of rotatable bonds is 31. The van der Waals surface area contributed by atoms with Crippen molar-refractivity contribution in [3.8, 4) is 0 Å². The molecule has 0 aromatic carbocycles. The third-order valence-corrected chi connectivity index (χ3v) is 7.72. The first-order chi connectivity index (χ1) is 21.2. The smallest absolute Gasteiger partial charge is 0.220 e. The Morgan fingerprint density at radius 3 is 1.56 bits per heavy atom. The summed E-state index contributed by atoms with van der Waals surface area (Å²) in [7, 11) is 0. The molecule has 248 valence electrons. The summed E-state index contributed by atoms with van der Waals surface area (Å²) in [6.45, 7) is 4.22. The van der Waals surface area contributed by atoms with Crippen LogP contribution in [0.25, 0.3) is 0 Å². The van der Waals surface area contributed by atoms with Crippen LogP contribution in [0.3, 0.4) is 0 Å². The molecule has 0 bridgehead atoms. The van der Waals surface area contributed by atoms with Gasteiger partial charge < -0.3 is 15.5 Å².